The molecule has 3 rings (SSSR count). The third-order valence-electron chi connectivity index (χ3n) is 5.01. The number of aromatic nitrogens is 3. The van der Waals surface area contributed by atoms with Crippen LogP contribution in [0.2, 0.25) is 0 Å². The Bertz CT molecular complexity index is 1210. The average molecular weight is 450 g/mol. The Labute approximate surface area is 181 Å². The largest absolute Gasteiger partial charge is 0.416 e. The number of hydrogen-bond acceptors (Lipinski definition) is 5. The smallest absolute Gasteiger partial charge is 0.337 e. The Morgan fingerprint density at radius 1 is 1.16 bits per heavy atom. The lowest BCUT2D eigenvalue weighted by atomic mass is 10.1. The zero-order valence-electron chi connectivity index (χ0n) is 17.7. The van der Waals surface area contributed by atoms with E-state index in [1.54, 1.807) is 20.8 Å². The summed E-state index contributed by atoms with van der Waals surface area (Å²) in [5, 5.41) is 4.52. The third-order valence-corrected chi connectivity index (χ3v) is 6.17. The quantitative estimate of drug-likeness (QED) is 0.600. The predicted molar refractivity (Wildman–Crippen MR) is 112 cm³/mol. The average Bonchev–Trinajstić information content (AvgIpc) is 3.06. The zero-order chi connectivity index (χ0) is 23.1. The number of thiazole rings is 1. The van der Waals surface area contributed by atoms with E-state index in [4.69, 9.17) is 0 Å². The molecule has 164 valence electrons. The summed E-state index contributed by atoms with van der Waals surface area (Å²) in [5.74, 6) is -0.460. The van der Waals surface area contributed by atoms with E-state index in [0.29, 0.717) is 27.5 Å². The van der Waals surface area contributed by atoms with Gasteiger partial charge in [-0.25, -0.2) is 9.67 Å². The van der Waals surface area contributed by atoms with Gasteiger partial charge in [0.15, 0.2) is 0 Å². The van der Waals surface area contributed by atoms with Crippen molar-refractivity contribution in [3.63, 3.8) is 0 Å². The Balaban J connectivity index is 1.95. The summed E-state index contributed by atoms with van der Waals surface area (Å²) in [5.41, 5.74) is 1.01. The first-order chi connectivity index (χ1) is 14.4. The highest BCUT2D eigenvalue weighted by atomic mass is 32.1. The van der Waals surface area contributed by atoms with Crippen LogP contribution in [-0.4, -0.2) is 32.6 Å². The second kappa shape index (κ2) is 8.26. The van der Waals surface area contributed by atoms with Gasteiger partial charge in [0.25, 0.3) is 11.5 Å². The van der Waals surface area contributed by atoms with Gasteiger partial charge < -0.3 is 4.90 Å². The summed E-state index contributed by atoms with van der Waals surface area (Å²) in [6.45, 7) is 4.96. The van der Waals surface area contributed by atoms with Crippen LogP contribution >= 0.6 is 11.3 Å². The van der Waals surface area contributed by atoms with E-state index < -0.39 is 17.6 Å². The third kappa shape index (κ3) is 4.39. The molecule has 2 heterocycles. The van der Waals surface area contributed by atoms with Crippen molar-refractivity contribution >= 4 is 17.2 Å². The van der Waals surface area contributed by atoms with Crippen molar-refractivity contribution in [3.05, 3.63) is 67.6 Å². The number of amides is 1. The molecule has 0 aliphatic carbocycles. The standard InChI is InChI=1S/C21H21F3N4O2S/c1-11-12(2)26-28(5)19(29)16(11)18-25-13(3)17(31-18)20(30)27(4)10-14-8-6-7-9-15(14)21(22,23)24/h6-9H,10H2,1-5H3. The highest BCUT2D eigenvalue weighted by Gasteiger charge is 2.33. The lowest BCUT2D eigenvalue weighted by molar-refractivity contribution is -0.138. The van der Waals surface area contributed by atoms with Crippen LogP contribution in [0.1, 0.15) is 37.7 Å². The van der Waals surface area contributed by atoms with Crippen molar-refractivity contribution < 1.29 is 18.0 Å². The van der Waals surface area contributed by atoms with Crippen molar-refractivity contribution in [1.82, 2.24) is 19.7 Å². The molecule has 0 spiro atoms. The van der Waals surface area contributed by atoms with E-state index in [2.05, 4.69) is 10.1 Å². The summed E-state index contributed by atoms with van der Waals surface area (Å²) in [4.78, 5) is 31.5. The van der Waals surface area contributed by atoms with Crippen LogP contribution in [0.15, 0.2) is 29.1 Å². The monoisotopic (exact) mass is 450 g/mol. The van der Waals surface area contributed by atoms with Crippen molar-refractivity contribution in [1.29, 1.82) is 0 Å². The number of halogens is 3. The van der Waals surface area contributed by atoms with Gasteiger partial charge in [-0.3, -0.25) is 9.59 Å². The van der Waals surface area contributed by atoms with Crippen LogP contribution in [0, 0.1) is 20.8 Å². The maximum Gasteiger partial charge on any atom is 0.416 e. The maximum absolute atomic E-state index is 13.3. The fraction of sp³-hybridized carbons (Fsp3) is 0.333. The first kappa shape index (κ1) is 22.7. The molecule has 31 heavy (non-hydrogen) atoms. The maximum atomic E-state index is 13.3. The van der Waals surface area contributed by atoms with Gasteiger partial charge in [-0.1, -0.05) is 18.2 Å². The summed E-state index contributed by atoms with van der Waals surface area (Å²) < 4.78 is 41.0. The molecule has 0 aliphatic heterocycles. The van der Waals surface area contributed by atoms with Crippen LogP contribution in [0.25, 0.3) is 10.6 Å². The number of benzene rings is 1. The fourth-order valence-corrected chi connectivity index (χ4v) is 4.39. The molecule has 10 heteroatoms. The fourth-order valence-electron chi connectivity index (χ4n) is 3.24. The van der Waals surface area contributed by atoms with E-state index in [-0.39, 0.29) is 22.5 Å². The van der Waals surface area contributed by atoms with Gasteiger partial charge in [0.2, 0.25) is 0 Å². The van der Waals surface area contributed by atoms with Gasteiger partial charge in [-0.2, -0.15) is 18.3 Å². The highest BCUT2D eigenvalue weighted by Crippen LogP contribution is 2.33. The van der Waals surface area contributed by atoms with E-state index in [9.17, 15) is 22.8 Å². The molecule has 0 unspecified atom stereocenters. The van der Waals surface area contributed by atoms with Gasteiger partial charge in [0, 0.05) is 20.6 Å². The first-order valence-corrected chi connectivity index (χ1v) is 10.2. The number of aryl methyl sites for hydroxylation is 3. The van der Waals surface area contributed by atoms with Crippen molar-refractivity contribution in [3.8, 4) is 10.6 Å². The minimum absolute atomic E-state index is 0.00251. The molecule has 3 aromatic rings. The molecule has 1 aromatic carbocycles. The number of alkyl halides is 3. The van der Waals surface area contributed by atoms with Crippen molar-refractivity contribution in [2.45, 2.75) is 33.5 Å². The minimum atomic E-state index is -4.51. The van der Waals surface area contributed by atoms with Crippen LogP contribution in [-0.2, 0) is 19.8 Å². The molecular weight excluding hydrogens is 429 g/mol. The van der Waals surface area contributed by atoms with Gasteiger partial charge >= 0.3 is 6.18 Å². The summed E-state index contributed by atoms with van der Waals surface area (Å²) in [7, 11) is 2.98. The second-order valence-corrected chi connectivity index (χ2v) is 8.26. The zero-order valence-corrected chi connectivity index (χ0v) is 18.5. The molecule has 0 fully saturated rings. The van der Waals surface area contributed by atoms with E-state index >= 15 is 0 Å². The van der Waals surface area contributed by atoms with Gasteiger partial charge in [0.1, 0.15) is 9.88 Å². The highest BCUT2D eigenvalue weighted by molar-refractivity contribution is 7.17. The van der Waals surface area contributed by atoms with E-state index in [1.807, 2.05) is 0 Å². The topological polar surface area (TPSA) is 68.1 Å². The molecule has 0 atom stereocenters. The van der Waals surface area contributed by atoms with E-state index in [1.165, 1.54) is 41.9 Å². The lowest BCUT2D eigenvalue weighted by Gasteiger charge is -2.19. The SMILES string of the molecule is Cc1nc(-c2c(C)c(C)nn(C)c2=O)sc1C(=O)N(C)Cc1ccccc1C(F)(F)F. The van der Waals surface area contributed by atoms with Crippen molar-refractivity contribution in [2.24, 2.45) is 7.05 Å². The molecule has 2 aromatic heterocycles. The summed E-state index contributed by atoms with van der Waals surface area (Å²) in [6.07, 6.45) is -4.51. The molecule has 0 saturated carbocycles. The predicted octanol–water partition coefficient (Wildman–Crippen LogP) is 4.12. The normalized spacial score (nSPS) is 11.6. The van der Waals surface area contributed by atoms with Crippen LogP contribution in [0.5, 0.6) is 0 Å². The summed E-state index contributed by atoms with van der Waals surface area (Å²) >= 11 is 1.05. The first-order valence-electron chi connectivity index (χ1n) is 9.34. The van der Waals surface area contributed by atoms with Crippen LogP contribution in [0.4, 0.5) is 13.2 Å². The van der Waals surface area contributed by atoms with Gasteiger partial charge in [0.05, 0.1) is 22.5 Å². The minimum Gasteiger partial charge on any atom is -0.337 e. The molecule has 1 amide bonds. The van der Waals surface area contributed by atoms with Gasteiger partial charge in [-0.15, -0.1) is 11.3 Å². The Morgan fingerprint density at radius 3 is 2.45 bits per heavy atom. The molecule has 0 aliphatic rings. The van der Waals surface area contributed by atoms with Crippen molar-refractivity contribution in [2.75, 3.05) is 7.05 Å². The molecule has 6 nitrogen and oxygen atoms in total. The number of nitrogens with zero attached hydrogens (tertiary/aromatic N) is 4. The number of carbonyl (C=O) groups is 1. The van der Waals surface area contributed by atoms with Crippen LogP contribution in [0.3, 0.4) is 0 Å². The Morgan fingerprint density at radius 2 is 1.81 bits per heavy atom. The number of hydrogen-bond donors (Lipinski definition) is 0. The lowest BCUT2D eigenvalue weighted by Crippen LogP contribution is -2.27. The molecule has 0 radical (unpaired) electrons. The second-order valence-electron chi connectivity index (χ2n) is 7.26. The Kier molecular flexibility index (Phi) is 6.04. The Hall–Kier alpha value is -3.01. The summed E-state index contributed by atoms with van der Waals surface area (Å²) in [6, 6.07) is 5.16. The van der Waals surface area contributed by atoms with Gasteiger partial charge in [-0.05, 0) is 38.0 Å². The number of rotatable bonds is 4. The molecular formula is C21H21F3N4O2S. The van der Waals surface area contributed by atoms with E-state index in [0.717, 1.165) is 17.4 Å². The molecule has 0 saturated heterocycles. The van der Waals surface area contributed by atoms with Crippen LogP contribution < -0.4 is 5.56 Å². The molecule has 0 bridgehead atoms. The number of carbonyl (C=O) groups excluding carboxylic acids is 1. The molecule has 0 N–H and O–H groups in total.